The van der Waals surface area contributed by atoms with Crippen LogP contribution in [0.25, 0.3) is 0 Å². The van der Waals surface area contributed by atoms with Gasteiger partial charge in [-0.1, -0.05) is 28.1 Å². The van der Waals surface area contributed by atoms with Gasteiger partial charge in [0.05, 0.1) is 26.4 Å². The molecule has 2 aromatic rings. The lowest BCUT2D eigenvalue weighted by Crippen LogP contribution is -2.48. The van der Waals surface area contributed by atoms with Crippen LogP contribution in [0, 0.1) is 0 Å². The van der Waals surface area contributed by atoms with Crippen LogP contribution in [0.5, 0.6) is 11.5 Å². The molecule has 3 rings (SSSR count). The van der Waals surface area contributed by atoms with E-state index in [1.54, 1.807) is 7.11 Å². The highest BCUT2D eigenvalue weighted by Gasteiger charge is 2.36. The number of hydrogen-bond acceptors (Lipinski definition) is 7. The molecule has 8 nitrogen and oxygen atoms in total. The van der Waals surface area contributed by atoms with Gasteiger partial charge in [0.15, 0.2) is 12.1 Å². The van der Waals surface area contributed by atoms with Gasteiger partial charge in [0, 0.05) is 10.9 Å². The summed E-state index contributed by atoms with van der Waals surface area (Å²) in [5, 5.41) is 2.57. The molecule has 0 radical (unpaired) electrons. The van der Waals surface area contributed by atoms with Crippen molar-refractivity contribution in [2.45, 2.75) is 51.0 Å². The summed E-state index contributed by atoms with van der Waals surface area (Å²) in [4.78, 5) is 25.1. The first-order chi connectivity index (χ1) is 16.1. The molecule has 1 N–H and O–H groups in total. The monoisotopic (exact) mass is 535 g/mol. The van der Waals surface area contributed by atoms with Crippen LogP contribution in [0.3, 0.4) is 0 Å². The second-order valence-corrected chi connectivity index (χ2v) is 9.77. The van der Waals surface area contributed by atoms with E-state index in [2.05, 4.69) is 21.2 Å². The number of methoxy groups -OCH3 is 2. The number of halogens is 1. The average molecular weight is 536 g/mol. The molecule has 184 valence electrons. The Hall–Kier alpha value is -2.78. The van der Waals surface area contributed by atoms with E-state index in [0.29, 0.717) is 17.9 Å². The van der Waals surface area contributed by atoms with Crippen molar-refractivity contribution in [2.24, 2.45) is 0 Å². The van der Waals surface area contributed by atoms with E-state index >= 15 is 0 Å². The lowest BCUT2D eigenvalue weighted by molar-refractivity contribution is -0.146. The Bertz CT molecular complexity index is 1020. The van der Waals surface area contributed by atoms with Gasteiger partial charge in [-0.05, 0) is 62.2 Å². The van der Waals surface area contributed by atoms with Crippen molar-refractivity contribution < 1.29 is 33.3 Å². The van der Waals surface area contributed by atoms with E-state index < -0.39 is 35.9 Å². The second kappa shape index (κ2) is 11.1. The third-order valence-electron chi connectivity index (χ3n) is 5.18. The first-order valence-corrected chi connectivity index (χ1v) is 11.7. The van der Waals surface area contributed by atoms with Crippen molar-refractivity contribution in [1.29, 1.82) is 0 Å². The minimum atomic E-state index is -1.02. The van der Waals surface area contributed by atoms with Gasteiger partial charge in [0.2, 0.25) is 0 Å². The molecule has 0 saturated carbocycles. The van der Waals surface area contributed by atoms with Gasteiger partial charge >= 0.3 is 12.1 Å². The van der Waals surface area contributed by atoms with Crippen LogP contribution in [0.2, 0.25) is 0 Å². The van der Waals surface area contributed by atoms with Crippen molar-refractivity contribution in [3.05, 3.63) is 58.1 Å². The first-order valence-electron chi connectivity index (χ1n) is 10.9. The molecule has 0 unspecified atom stereocenters. The van der Waals surface area contributed by atoms with Crippen molar-refractivity contribution in [1.82, 2.24) is 5.32 Å². The zero-order chi connectivity index (χ0) is 24.9. The van der Waals surface area contributed by atoms with Gasteiger partial charge in [-0.3, -0.25) is 0 Å². The topological polar surface area (TPSA) is 92.3 Å². The number of carbonyl (C=O) groups is 2. The van der Waals surface area contributed by atoms with Crippen LogP contribution < -0.4 is 14.8 Å². The zero-order valence-corrected chi connectivity index (χ0v) is 21.5. The number of ether oxygens (including phenoxy) is 5. The molecule has 0 spiro atoms. The van der Waals surface area contributed by atoms with Crippen LogP contribution >= 0.6 is 15.9 Å². The van der Waals surface area contributed by atoms with E-state index in [1.807, 2.05) is 63.2 Å². The third kappa shape index (κ3) is 6.87. The molecular formula is C25H30BrNO7. The highest BCUT2D eigenvalue weighted by molar-refractivity contribution is 9.10. The van der Waals surface area contributed by atoms with E-state index in [0.717, 1.165) is 15.6 Å². The highest BCUT2D eigenvalue weighted by Crippen LogP contribution is 2.38. The summed E-state index contributed by atoms with van der Waals surface area (Å²) < 4.78 is 28.8. The molecule has 0 saturated heterocycles. The number of esters is 1. The Kier molecular flexibility index (Phi) is 8.43. The van der Waals surface area contributed by atoms with Crippen LogP contribution in [-0.4, -0.2) is 50.6 Å². The fraction of sp³-hybridized carbons (Fsp3) is 0.440. The Morgan fingerprint density at radius 3 is 2.62 bits per heavy atom. The fourth-order valence-corrected chi connectivity index (χ4v) is 3.93. The van der Waals surface area contributed by atoms with E-state index in [-0.39, 0.29) is 6.61 Å². The average Bonchev–Trinajstić information content (AvgIpc) is 2.80. The first kappa shape index (κ1) is 25.8. The Morgan fingerprint density at radius 2 is 1.94 bits per heavy atom. The smallest absolute Gasteiger partial charge is 0.408 e. The molecular weight excluding hydrogens is 506 g/mol. The predicted molar refractivity (Wildman–Crippen MR) is 129 cm³/mol. The molecule has 0 bridgehead atoms. The summed E-state index contributed by atoms with van der Waals surface area (Å²) in [7, 11) is 2.84. The quantitative estimate of drug-likeness (QED) is 0.518. The molecule has 1 heterocycles. The van der Waals surface area contributed by atoms with E-state index in [4.69, 9.17) is 23.7 Å². The number of nitrogens with one attached hydrogen (secondary N) is 1. The Morgan fingerprint density at radius 1 is 1.18 bits per heavy atom. The maximum atomic E-state index is 12.9. The zero-order valence-electron chi connectivity index (χ0n) is 19.9. The summed E-state index contributed by atoms with van der Waals surface area (Å²) in [5.74, 6) is 0.748. The van der Waals surface area contributed by atoms with Gasteiger partial charge in [0.25, 0.3) is 0 Å². The molecule has 9 heteroatoms. The summed E-state index contributed by atoms with van der Waals surface area (Å²) in [6.07, 6.45) is -1.58. The maximum Gasteiger partial charge on any atom is 0.408 e. The highest BCUT2D eigenvalue weighted by atomic mass is 79.9. The second-order valence-electron chi connectivity index (χ2n) is 8.86. The van der Waals surface area contributed by atoms with Crippen molar-refractivity contribution >= 4 is 28.0 Å². The fourth-order valence-electron chi connectivity index (χ4n) is 3.52. The lowest BCUT2D eigenvalue weighted by Gasteiger charge is -2.34. The minimum absolute atomic E-state index is 0.0540. The molecule has 1 amide bonds. The van der Waals surface area contributed by atoms with Crippen molar-refractivity contribution in [3.8, 4) is 11.5 Å². The molecule has 1 aliphatic heterocycles. The normalized spacial score (nSPS) is 18.2. The summed E-state index contributed by atoms with van der Waals surface area (Å²) >= 11 is 3.47. The SMILES string of the molecule is COC(=O)[C@H](COC(C)(C)C)NC(=O)O[C@@H]1Cc2cc(Br)ccc2O[C@H]1c1cccc(OC)c1. The molecule has 0 aromatic heterocycles. The van der Waals surface area contributed by atoms with E-state index in [9.17, 15) is 9.59 Å². The predicted octanol–water partition coefficient (Wildman–Crippen LogP) is 4.59. The number of rotatable bonds is 7. The number of carbonyl (C=O) groups excluding carboxylic acids is 2. The molecule has 1 aliphatic rings. The number of fused-ring (bicyclic) bond motifs is 1. The molecule has 34 heavy (non-hydrogen) atoms. The largest absolute Gasteiger partial charge is 0.497 e. The standard InChI is InChI=1S/C25H30BrNO7/c1-25(2,3)32-14-19(23(28)31-5)27-24(29)34-21-13-16-11-17(26)9-10-20(16)33-22(21)15-7-6-8-18(12-15)30-4/h6-12,19,21-22H,13-14H2,1-5H3,(H,27,29)/t19-,21+,22-/m0/s1. The molecule has 3 atom stereocenters. The lowest BCUT2D eigenvalue weighted by atomic mass is 9.94. The Labute approximate surface area is 208 Å². The third-order valence-corrected chi connectivity index (χ3v) is 5.67. The minimum Gasteiger partial charge on any atom is -0.497 e. The van der Waals surface area contributed by atoms with Crippen molar-refractivity contribution in [2.75, 3.05) is 20.8 Å². The van der Waals surface area contributed by atoms with Crippen LogP contribution in [0.4, 0.5) is 4.79 Å². The Balaban J connectivity index is 1.81. The van der Waals surface area contributed by atoms with Crippen LogP contribution in [0.1, 0.15) is 38.0 Å². The van der Waals surface area contributed by atoms with Gasteiger partial charge in [-0.25, -0.2) is 9.59 Å². The maximum absolute atomic E-state index is 12.9. The molecule has 0 fully saturated rings. The number of benzene rings is 2. The number of hydrogen-bond donors (Lipinski definition) is 1. The summed E-state index contributed by atoms with van der Waals surface area (Å²) in [5.41, 5.74) is 1.20. The van der Waals surface area contributed by atoms with Gasteiger partial charge in [0.1, 0.15) is 17.6 Å². The number of alkyl carbamates (subject to hydrolysis) is 1. The van der Waals surface area contributed by atoms with Gasteiger partial charge in [-0.2, -0.15) is 0 Å². The van der Waals surface area contributed by atoms with Gasteiger partial charge in [-0.15, -0.1) is 0 Å². The van der Waals surface area contributed by atoms with Crippen LogP contribution in [-0.2, 0) is 25.4 Å². The molecule has 0 aliphatic carbocycles. The molecule has 2 aromatic carbocycles. The van der Waals surface area contributed by atoms with Gasteiger partial charge < -0.3 is 29.0 Å². The number of amides is 1. The summed E-state index contributed by atoms with van der Waals surface area (Å²) in [6.45, 7) is 5.51. The van der Waals surface area contributed by atoms with Crippen molar-refractivity contribution in [3.63, 3.8) is 0 Å². The summed E-state index contributed by atoms with van der Waals surface area (Å²) in [6, 6.07) is 12.1. The van der Waals surface area contributed by atoms with E-state index in [1.165, 1.54) is 7.11 Å². The van der Waals surface area contributed by atoms with Crippen LogP contribution in [0.15, 0.2) is 46.9 Å².